The number of nitrogens with zero attached hydrogens (tertiary/aromatic N) is 1. The van der Waals surface area contributed by atoms with Crippen molar-refractivity contribution < 1.29 is 14.3 Å². The van der Waals surface area contributed by atoms with Crippen LogP contribution in [0.25, 0.3) is 0 Å². The topological polar surface area (TPSA) is 58.6 Å². The number of nitrogens with one attached hydrogen (secondary N) is 1. The molecule has 7 heteroatoms. The van der Waals surface area contributed by atoms with E-state index in [1.54, 1.807) is 19.2 Å². The molecule has 2 rings (SSSR count). The summed E-state index contributed by atoms with van der Waals surface area (Å²) in [5.74, 6) is -0.274. The molecule has 0 aromatic heterocycles. The Morgan fingerprint density at radius 1 is 1.50 bits per heavy atom. The van der Waals surface area contributed by atoms with Crippen LogP contribution in [0, 0.1) is 0 Å². The summed E-state index contributed by atoms with van der Waals surface area (Å²) in [5, 5.41) is 3.53. The van der Waals surface area contributed by atoms with Crippen LogP contribution < -0.4 is 5.32 Å². The second-order valence-electron chi connectivity index (χ2n) is 4.56. The third-order valence-corrected chi connectivity index (χ3v) is 3.53. The molecular formula is C13H14Cl2N2O3. The van der Waals surface area contributed by atoms with Crippen molar-refractivity contribution >= 4 is 35.2 Å². The standard InChI is InChI=1S/C13H14Cl2N2O3/c1-17-7-9(20-13(17)19)4-5-16-12(18)10-3-2-8(14)6-11(10)15/h2-3,6,9H,4-5,7H2,1H3,(H,16,18). The minimum absolute atomic E-state index is 0.187. The van der Waals surface area contributed by atoms with E-state index in [-0.39, 0.29) is 18.1 Å². The maximum Gasteiger partial charge on any atom is 0.409 e. The zero-order valence-corrected chi connectivity index (χ0v) is 12.4. The van der Waals surface area contributed by atoms with Gasteiger partial charge in [0.15, 0.2) is 0 Å². The molecule has 1 heterocycles. The van der Waals surface area contributed by atoms with Crippen LogP contribution in [0.1, 0.15) is 16.8 Å². The van der Waals surface area contributed by atoms with Crippen molar-refractivity contribution in [2.24, 2.45) is 0 Å². The van der Waals surface area contributed by atoms with Crippen LogP contribution in [0.2, 0.25) is 10.0 Å². The molecule has 1 aromatic carbocycles. The second kappa shape index (κ2) is 6.33. The minimum Gasteiger partial charge on any atom is -0.444 e. The van der Waals surface area contributed by atoms with Gasteiger partial charge in [-0.1, -0.05) is 23.2 Å². The summed E-state index contributed by atoms with van der Waals surface area (Å²) < 4.78 is 5.09. The van der Waals surface area contributed by atoms with Crippen molar-refractivity contribution in [3.63, 3.8) is 0 Å². The predicted octanol–water partition coefficient (Wildman–Crippen LogP) is 2.56. The van der Waals surface area contributed by atoms with Gasteiger partial charge < -0.3 is 15.0 Å². The largest absolute Gasteiger partial charge is 0.444 e. The summed E-state index contributed by atoms with van der Waals surface area (Å²) in [5.41, 5.74) is 0.372. The van der Waals surface area contributed by atoms with Gasteiger partial charge in [0.1, 0.15) is 6.10 Å². The zero-order chi connectivity index (χ0) is 14.7. The SMILES string of the molecule is CN1CC(CCNC(=O)c2ccc(Cl)cc2Cl)OC1=O. The highest BCUT2D eigenvalue weighted by atomic mass is 35.5. The van der Waals surface area contributed by atoms with Gasteiger partial charge in [-0.25, -0.2) is 4.79 Å². The molecule has 1 aliphatic rings. The first-order valence-electron chi connectivity index (χ1n) is 6.12. The van der Waals surface area contributed by atoms with Gasteiger partial charge in [-0.05, 0) is 18.2 Å². The third kappa shape index (κ3) is 3.55. The molecule has 1 saturated heterocycles. The molecule has 108 valence electrons. The van der Waals surface area contributed by atoms with Crippen LogP contribution in [0.15, 0.2) is 18.2 Å². The minimum atomic E-state index is -0.331. The van der Waals surface area contributed by atoms with Gasteiger partial charge in [0, 0.05) is 25.0 Å². The van der Waals surface area contributed by atoms with Crippen molar-refractivity contribution in [1.82, 2.24) is 10.2 Å². The summed E-state index contributed by atoms with van der Waals surface area (Å²) >= 11 is 11.7. The molecule has 20 heavy (non-hydrogen) atoms. The molecule has 0 spiro atoms. The average Bonchev–Trinajstić information content (AvgIpc) is 2.68. The van der Waals surface area contributed by atoms with Gasteiger partial charge in [0.05, 0.1) is 17.1 Å². The molecule has 1 aromatic rings. The number of hydrogen-bond acceptors (Lipinski definition) is 3. The van der Waals surface area contributed by atoms with E-state index in [9.17, 15) is 9.59 Å². The lowest BCUT2D eigenvalue weighted by Gasteiger charge is -2.10. The monoisotopic (exact) mass is 316 g/mol. The van der Waals surface area contributed by atoms with Crippen LogP contribution in [-0.2, 0) is 4.74 Å². The van der Waals surface area contributed by atoms with E-state index < -0.39 is 0 Å². The van der Waals surface area contributed by atoms with Gasteiger partial charge in [-0.2, -0.15) is 0 Å². The average molecular weight is 317 g/mol. The number of carbonyl (C=O) groups excluding carboxylic acids is 2. The summed E-state index contributed by atoms with van der Waals surface area (Å²) in [7, 11) is 1.67. The second-order valence-corrected chi connectivity index (χ2v) is 5.40. The Kier molecular flexibility index (Phi) is 4.73. The van der Waals surface area contributed by atoms with Gasteiger partial charge in [-0.3, -0.25) is 4.79 Å². The first-order valence-corrected chi connectivity index (χ1v) is 6.88. The van der Waals surface area contributed by atoms with Crippen LogP contribution >= 0.6 is 23.2 Å². The molecule has 0 aliphatic carbocycles. The number of ether oxygens (including phenoxy) is 1. The molecule has 0 radical (unpaired) electrons. The molecule has 5 nitrogen and oxygen atoms in total. The fourth-order valence-corrected chi connectivity index (χ4v) is 2.41. The summed E-state index contributed by atoms with van der Waals surface area (Å²) in [4.78, 5) is 24.6. The third-order valence-electron chi connectivity index (χ3n) is 2.98. The Labute approximate surface area is 126 Å². The zero-order valence-electron chi connectivity index (χ0n) is 10.9. The number of carbonyl (C=O) groups is 2. The number of amides is 2. The Morgan fingerprint density at radius 2 is 2.25 bits per heavy atom. The first-order chi connectivity index (χ1) is 9.47. The van der Waals surface area contributed by atoms with Crippen molar-refractivity contribution in [3.05, 3.63) is 33.8 Å². The molecule has 1 aliphatic heterocycles. The highest BCUT2D eigenvalue weighted by Gasteiger charge is 2.27. The van der Waals surface area contributed by atoms with Crippen LogP contribution in [-0.4, -0.2) is 43.1 Å². The fourth-order valence-electron chi connectivity index (χ4n) is 1.92. The first kappa shape index (κ1) is 14.9. The number of likely N-dealkylation sites (N-methyl/N-ethyl adjacent to an activating group) is 1. The number of cyclic esters (lactones) is 1. The van der Waals surface area contributed by atoms with E-state index in [1.807, 2.05) is 0 Å². The van der Waals surface area contributed by atoms with E-state index in [0.717, 1.165) is 0 Å². The van der Waals surface area contributed by atoms with Gasteiger partial charge in [-0.15, -0.1) is 0 Å². The molecule has 1 atom stereocenters. The highest BCUT2D eigenvalue weighted by Crippen LogP contribution is 2.20. The number of rotatable bonds is 4. The number of hydrogen-bond donors (Lipinski definition) is 1. The fraction of sp³-hybridized carbons (Fsp3) is 0.385. The molecule has 1 N–H and O–H groups in total. The Balaban J connectivity index is 1.82. The summed E-state index contributed by atoms with van der Waals surface area (Å²) in [6.45, 7) is 0.944. The quantitative estimate of drug-likeness (QED) is 0.928. The van der Waals surface area contributed by atoms with E-state index >= 15 is 0 Å². The number of halogens is 2. The Hall–Kier alpha value is -1.46. The molecular weight excluding hydrogens is 303 g/mol. The smallest absolute Gasteiger partial charge is 0.409 e. The van der Waals surface area contributed by atoms with E-state index in [0.29, 0.717) is 35.1 Å². The van der Waals surface area contributed by atoms with Crippen molar-refractivity contribution in [3.8, 4) is 0 Å². The normalized spacial score (nSPS) is 18.1. The lowest BCUT2D eigenvalue weighted by atomic mass is 10.2. The lowest BCUT2D eigenvalue weighted by Crippen LogP contribution is -2.28. The maximum absolute atomic E-state index is 11.9. The summed E-state index contributed by atoms with van der Waals surface area (Å²) in [6.07, 6.45) is 0.0445. The molecule has 0 saturated carbocycles. The molecule has 0 bridgehead atoms. The van der Waals surface area contributed by atoms with Gasteiger partial charge in [0.25, 0.3) is 5.91 Å². The maximum atomic E-state index is 11.9. The van der Waals surface area contributed by atoms with Crippen molar-refractivity contribution in [2.75, 3.05) is 20.1 Å². The lowest BCUT2D eigenvalue weighted by molar-refractivity contribution is 0.0944. The Morgan fingerprint density at radius 3 is 2.85 bits per heavy atom. The molecule has 1 fully saturated rings. The van der Waals surface area contributed by atoms with Crippen LogP contribution in [0.3, 0.4) is 0 Å². The van der Waals surface area contributed by atoms with Gasteiger partial charge in [0.2, 0.25) is 0 Å². The predicted molar refractivity (Wildman–Crippen MR) is 76.3 cm³/mol. The van der Waals surface area contributed by atoms with Crippen molar-refractivity contribution in [2.45, 2.75) is 12.5 Å². The molecule has 2 amide bonds. The highest BCUT2D eigenvalue weighted by molar-refractivity contribution is 6.36. The van der Waals surface area contributed by atoms with Crippen molar-refractivity contribution in [1.29, 1.82) is 0 Å². The number of benzene rings is 1. The van der Waals surface area contributed by atoms with Crippen LogP contribution in [0.4, 0.5) is 4.79 Å². The molecule has 1 unspecified atom stereocenters. The Bertz CT molecular complexity index is 536. The van der Waals surface area contributed by atoms with Crippen LogP contribution in [0.5, 0.6) is 0 Å². The summed E-state index contributed by atoms with van der Waals surface area (Å²) in [6, 6.07) is 4.70. The van der Waals surface area contributed by atoms with E-state index in [1.165, 1.54) is 11.0 Å². The van der Waals surface area contributed by atoms with Gasteiger partial charge >= 0.3 is 6.09 Å². The van der Waals surface area contributed by atoms with E-state index in [4.69, 9.17) is 27.9 Å². The van der Waals surface area contributed by atoms with E-state index in [2.05, 4.69) is 5.32 Å².